The Balaban J connectivity index is 1.44. The Labute approximate surface area is 222 Å². The number of aliphatic hydroxyl groups excluding tert-OH is 2. The number of cyclic esters (lactones) is 1. The quantitative estimate of drug-likeness (QED) is 0.299. The Bertz CT molecular complexity index is 1150. The molecular weight excluding hydrogens is 492 g/mol. The zero-order chi connectivity index (χ0) is 26.9. The first-order chi connectivity index (χ1) is 18.1. The molecule has 4 bridgehead atoms. The van der Waals surface area contributed by atoms with Crippen molar-refractivity contribution in [2.75, 3.05) is 19.8 Å². The van der Waals surface area contributed by atoms with Crippen molar-refractivity contribution in [3.05, 3.63) is 47.6 Å². The lowest BCUT2D eigenvalue weighted by molar-refractivity contribution is -0.232. The second kappa shape index (κ2) is 8.86. The maximum Gasteiger partial charge on any atom is 0.331 e. The van der Waals surface area contributed by atoms with E-state index >= 15 is 0 Å². The highest BCUT2D eigenvalue weighted by atomic mass is 16.6. The van der Waals surface area contributed by atoms with Gasteiger partial charge < -0.3 is 33.9 Å². The van der Waals surface area contributed by atoms with Gasteiger partial charge in [0.25, 0.3) is 0 Å². The van der Waals surface area contributed by atoms with E-state index in [1.54, 1.807) is 6.08 Å². The number of aliphatic hydroxyl groups is 2. The molecule has 4 aliphatic heterocycles. The van der Waals surface area contributed by atoms with E-state index in [2.05, 4.69) is 19.9 Å². The zero-order valence-electron chi connectivity index (χ0n) is 22.1. The number of hydrogen-bond acceptors (Lipinski definition) is 9. The first-order valence-electron chi connectivity index (χ1n) is 13.5. The molecule has 0 aromatic carbocycles. The molecule has 206 valence electrons. The maximum atomic E-state index is 13.2. The van der Waals surface area contributed by atoms with Crippen LogP contribution in [-0.4, -0.2) is 83.7 Å². The summed E-state index contributed by atoms with van der Waals surface area (Å²) >= 11 is 0. The molecule has 9 heteroatoms. The van der Waals surface area contributed by atoms with E-state index in [1.165, 1.54) is 36.8 Å². The number of fused-ring (bicyclic) bond motifs is 2. The predicted molar refractivity (Wildman–Crippen MR) is 134 cm³/mol. The van der Waals surface area contributed by atoms with E-state index in [0.717, 1.165) is 6.42 Å². The normalized spacial score (nSPS) is 47.0. The first kappa shape index (κ1) is 26.0. The highest BCUT2D eigenvalue weighted by Crippen LogP contribution is 2.72. The van der Waals surface area contributed by atoms with Crippen LogP contribution in [0.3, 0.4) is 0 Å². The number of allylic oxidation sites excluding steroid dienone is 3. The topological polar surface area (TPSA) is 124 Å². The average molecular weight is 529 g/mol. The minimum absolute atomic E-state index is 0.0519. The third-order valence-electron chi connectivity index (χ3n) is 10.1. The summed E-state index contributed by atoms with van der Waals surface area (Å²) in [4.78, 5) is 26.2. The fraction of sp³-hybridized carbons (Fsp3) is 0.655. The molecule has 2 spiro atoms. The summed E-state index contributed by atoms with van der Waals surface area (Å²) in [6.45, 7) is 6.43. The second-order valence-electron chi connectivity index (χ2n) is 11.8. The smallest absolute Gasteiger partial charge is 0.331 e. The van der Waals surface area contributed by atoms with Crippen LogP contribution in [0.4, 0.5) is 0 Å². The number of hydrogen-bond donors (Lipinski definition) is 2. The van der Waals surface area contributed by atoms with Crippen molar-refractivity contribution in [3.63, 3.8) is 0 Å². The summed E-state index contributed by atoms with van der Waals surface area (Å²) in [5, 5.41) is 21.7. The van der Waals surface area contributed by atoms with Crippen molar-refractivity contribution < 1.29 is 43.5 Å². The highest BCUT2D eigenvalue weighted by molar-refractivity contribution is 5.83. The third-order valence-corrected chi connectivity index (χ3v) is 10.1. The Morgan fingerprint density at radius 2 is 1.87 bits per heavy atom. The van der Waals surface area contributed by atoms with Gasteiger partial charge in [0, 0.05) is 24.0 Å². The number of rotatable bonds is 1. The standard InChI is InChI=1S/C29H36O9/c1-17-7-10-27-15-34-24(32)13-19-8-11-35-28(18(2)30,25(19)33)9-5-4-6-23(31)38-20-14-22(37-21(27)12-17)29(16-36-29)26(20,27)3/h4-6,9,12-13,18,20-22,25,30,33H,7-8,10-11,14-16H2,1-3H3. The van der Waals surface area contributed by atoms with Crippen molar-refractivity contribution in [1.82, 2.24) is 0 Å². The van der Waals surface area contributed by atoms with Crippen LogP contribution in [0.15, 0.2) is 47.6 Å². The lowest BCUT2D eigenvalue weighted by atomic mass is 9.51. The number of esters is 2. The van der Waals surface area contributed by atoms with Gasteiger partial charge in [-0.2, -0.15) is 0 Å². The van der Waals surface area contributed by atoms with Gasteiger partial charge in [-0.15, -0.1) is 0 Å². The minimum Gasteiger partial charge on any atom is -0.462 e. The molecule has 0 aromatic heterocycles. The summed E-state index contributed by atoms with van der Waals surface area (Å²) in [5.74, 6) is -1.10. The number of carbonyl (C=O) groups excluding carboxylic acids is 2. The third kappa shape index (κ3) is 3.48. The molecule has 1 saturated carbocycles. The molecule has 6 aliphatic rings. The summed E-state index contributed by atoms with van der Waals surface area (Å²) in [7, 11) is 0. The predicted octanol–water partition coefficient (Wildman–Crippen LogP) is 2.07. The zero-order valence-corrected chi connectivity index (χ0v) is 22.1. The van der Waals surface area contributed by atoms with Crippen LogP contribution >= 0.6 is 0 Å². The van der Waals surface area contributed by atoms with E-state index in [9.17, 15) is 19.8 Å². The van der Waals surface area contributed by atoms with Gasteiger partial charge in [0.05, 0.1) is 36.9 Å². The SMILES string of the molecule is CC1=CC2OC3CC4OC(=O)C=CC=CC5(C(C)O)OCCC(=CC(=O)OCC2(CC1)C4(C)C31CO1)C5O. The van der Waals surface area contributed by atoms with Gasteiger partial charge in [-0.25, -0.2) is 9.59 Å². The van der Waals surface area contributed by atoms with Crippen molar-refractivity contribution in [3.8, 4) is 0 Å². The Hall–Kier alpha value is -2.30. The Morgan fingerprint density at radius 1 is 1.08 bits per heavy atom. The minimum atomic E-state index is -1.47. The molecule has 9 nitrogen and oxygen atoms in total. The lowest BCUT2D eigenvalue weighted by Gasteiger charge is -2.58. The molecule has 2 N–H and O–H groups in total. The van der Waals surface area contributed by atoms with Gasteiger partial charge in [0.15, 0.2) is 0 Å². The van der Waals surface area contributed by atoms with Crippen LogP contribution < -0.4 is 0 Å². The molecule has 6 rings (SSSR count). The molecule has 9 unspecified atom stereocenters. The van der Waals surface area contributed by atoms with Gasteiger partial charge in [0.1, 0.15) is 30.0 Å². The number of carbonyl (C=O) groups is 2. The molecule has 4 heterocycles. The highest BCUT2D eigenvalue weighted by Gasteiger charge is 2.83. The van der Waals surface area contributed by atoms with Crippen molar-refractivity contribution >= 4 is 11.9 Å². The van der Waals surface area contributed by atoms with Crippen LogP contribution in [0.2, 0.25) is 0 Å². The van der Waals surface area contributed by atoms with E-state index < -0.39 is 52.3 Å². The first-order valence-corrected chi connectivity index (χ1v) is 13.5. The molecule has 0 aromatic rings. The molecular formula is C29H36O9. The van der Waals surface area contributed by atoms with Crippen molar-refractivity contribution in [1.29, 1.82) is 0 Å². The summed E-state index contributed by atoms with van der Waals surface area (Å²) < 4.78 is 30.6. The van der Waals surface area contributed by atoms with E-state index in [1.807, 2.05) is 0 Å². The average Bonchev–Trinajstić information content (AvgIpc) is 3.65. The fourth-order valence-electron chi connectivity index (χ4n) is 7.68. The van der Waals surface area contributed by atoms with Crippen molar-refractivity contribution in [2.24, 2.45) is 10.8 Å². The van der Waals surface area contributed by atoms with Gasteiger partial charge in [-0.3, -0.25) is 0 Å². The van der Waals surface area contributed by atoms with Crippen LogP contribution in [-0.2, 0) is 33.3 Å². The second-order valence-corrected chi connectivity index (χ2v) is 11.8. The van der Waals surface area contributed by atoms with Gasteiger partial charge in [0.2, 0.25) is 0 Å². The number of epoxide rings is 1. The van der Waals surface area contributed by atoms with Gasteiger partial charge >= 0.3 is 11.9 Å². The van der Waals surface area contributed by atoms with Gasteiger partial charge in [-0.05, 0) is 44.8 Å². The Kier molecular flexibility index (Phi) is 6.05. The monoisotopic (exact) mass is 528 g/mol. The molecule has 0 amide bonds. The van der Waals surface area contributed by atoms with Gasteiger partial charge in [-0.1, -0.05) is 30.7 Å². The van der Waals surface area contributed by atoms with Crippen LogP contribution in [0.1, 0.15) is 46.5 Å². The maximum absolute atomic E-state index is 13.2. The largest absolute Gasteiger partial charge is 0.462 e. The lowest BCUT2D eigenvalue weighted by Crippen LogP contribution is -2.66. The summed E-state index contributed by atoms with van der Waals surface area (Å²) in [6, 6.07) is 0. The van der Waals surface area contributed by atoms with Crippen LogP contribution in [0.5, 0.6) is 0 Å². The van der Waals surface area contributed by atoms with E-state index in [-0.39, 0.29) is 25.4 Å². The van der Waals surface area contributed by atoms with Crippen molar-refractivity contribution in [2.45, 2.75) is 88.2 Å². The molecule has 9 atom stereocenters. The Morgan fingerprint density at radius 3 is 2.61 bits per heavy atom. The number of ether oxygens (including phenoxy) is 5. The molecule has 2 aliphatic carbocycles. The van der Waals surface area contributed by atoms with E-state index in [4.69, 9.17) is 23.7 Å². The fourth-order valence-corrected chi connectivity index (χ4v) is 7.68. The summed E-state index contributed by atoms with van der Waals surface area (Å²) in [5.41, 5.74) is -1.76. The van der Waals surface area contributed by atoms with E-state index in [0.29, 0.717) is 31.4 Å². The molecule has 4 fully saturated rings. The van der Waals surface area contributed by atoms with Crippen LogP contribution in [0, 0.1) is 10.8 Å². The molecule has 38 heavy (non-hydrogen) atoms. The summed E-state index contributed by atoms with van der Waals surface area (Å²) in [6.07, 6.45) is 8.21. The van der Waals surface area contributed by atoms with Crippen LogP contribution in [0.25, 0.3) is 0 Å². The molecule has 0 radical (unpaired) electrons. The molecule has 3 saturated heterocycles.